The third-order valence-corrected chi connectivity index (χ3v) is 2.35. The van der Waals surface area contributed by atoms with Gasteiger partial charge < -0.3 is 0 Å². The molecule has 0 bridgehead atoms. The number of carbonyl (C=O) groups is 1. The van der Waals surface area contributed by atoms with Crippen LogP contribution >= 0.6 is 0 Å². The minimum atomic E-state index is -0.0544. The van der Waals surface area contributed by atoms with Gasteiger partial charge in [-0.05, 0) is 26.0 Å². The van der Waals surface area contributed by atoms with E-state index < -0.39 is 0 Å². The van der Waals surface area contributed by atoms with Gasteiger partial charge in [0.15, 0.2) is 0 Å². The number of para-hydroxylation sites is 1. The summed E-state index contributed by atoms with van der Waals surface area (Å²) in [6.07, 6.45) is 1.80. The number of nitrogens with zero attached hydrogens (tertiary/aromatic N) is 2. The van der Waals surface area contributed by atoms with E-state index in [1.807, 2.05) is 44.2 Å². The van der Waals surface area contributed by atoms with E-state index >= 15 is 0 Å². The summed E-state index contributed by atoms with van der Waals surface area (Å²) in [6.45, 7) is 3.69. The Morgan fingerprint density at radius 1 is 1.27 bits per heavy atom. The first kappa shape index (κ1) is 9.65. The molecule has 1 aromatic rings. The van der Waals surface area contributed by atoms with Crippen LogP contribution in [0.2, 0.25) is 0 Å². The Morgan fingerprint density at radius 2 is 1.93 bits per heavy atom. The molecule has 0 saturated heterocycles. The molecule has 0 fully saturated rings. The molecule has 1 aliphatic rings. The molecule has 0 radical (unpaired) electrons. The minimum Gasteiger partial charge on any atom is -0.267 e. The standard InChI is InChI=1S/C12H12N2O/c1-3-11-9(2)13-14(12(11)15)10-7-5-4-6-8-10/h3-8H,1-2H3. The van der Waals surface area contributed by atoms with E-state index in [0.717, 1.165) is 11.4 Å². The van der Waals surface area contributed by atoms with Crippen molar-refractivity contribution >= 4 is 17.3 Å². The molecule has 0 spiro atoms. The van der Waals surface area contributed by atoms with Crippen LogP contribution in [0.3, 0.4) is 0 Å². The number of rotatable bonds is 1. The van der Waals surface area contributed by atoms with E-state index in [1.165, 1.54) is 5.01 Å². The third kappa shape index (κ3) is 1.56. The first-order chi connectivity index (χ1) is 7.24. The van der Waals surface area contributed by atoms with Crippen molar-refractivity contribution in [1.82, 2.24) is 0 Å². The Labute approximate surface area is 88.7 Å². The van der Waals surface area contributed by atoms with Crippen molar-refractivity contribution in [3.63, 3.8) is 0 Å². The minimum absolute atomic E-state index is 0.0544. The van der Waals surface area contributed by atoms with Gasteiger partial charge in [0.2, 0.25) is 0 Å². The van der Waals surface area contributed by atoms with Crippen LogP contribution in [0, 0.1) is 0 Å². The van der Waals surface area contributed by atoms with Gasteiger partial charge in [0.25, 0.3) is 5.91 Å². The summed E-state index contributed by atoms with van der Waals surface area (Å²) in [5.74, 6) is -0.0544. The SMILES string of the molecule is CC=C1C(=O)N(c2ccccc2)N=C1C. The van der Waals surface area contributed by atoms with Gasteiger partial charge in [0.05, 0.1) is 17.0 Å². The fourth-order valence-electron chi connectivity index (χ4n) is 1.59. The summed E-state index contributed by atoms with van der Waals surface area (Å²) in [7, 11) is 0. The van der Waals surface area contributed by atoms with Crippen LogP contribution in [0.4, 0.5) is 5.69 Å². The average molecular weight is 200 g/mol. The average Bonchev–Trinajstić information content (AvgIpc) is 2.55. The lowest BCUT2D eigenvalue weighted by Gasteiger charge is -2.10. The fraction of sp³-hybridized carbons (Fsp3) is 0.167. The number of allylic oxidation sites excluding steroid dienone is 1. The maximum atomic E-state index is 11.9. The zero-order chi connectivity index (χ0) is 10.8. The van der Waals surface area contributed by atoms with Crippen LogP contribution in [-0.2, 0) is 4.79 Å². The van der Waals surface area contributed by atoms with E-state index in [0.29, 0.717) is 5.57 Å². The molecule has 2 rings (SSSR count). The fourth-order valence-corrected chi connectivity index (χ4v) is 1.59. The van der Waals surface area contributed by atoms with E-state index in [9.17, 15) is 4.79 Å². The van der Waals surface area contributed by atoms with Crippen molar-refractivity contribution in [2.45, 2.75) is 13.8 Å². The Kier molecular flexibility index (Phi) is 2.37. The van der Waals surface area contributed by atoms with Gasteiger partial charge in [0.1, 0.15) is 0 Å². The molecule has 0 aromatic heterocycles. The summed E-state index contributed by atoms with van der Waals surface area (Å²) in [5, 5.41) is 5.66. The normalized spacial score (nSPS) is 18.5. The molecule has 76 valence electrons. The Morgan fingerprint density at radius 3 is 2.47 bits per heavy atom. The molecular weight excluding hydrogens is 188 g/mol. The number of amides is 1. The quantitative estimate of drug-likeness (QED) is 0.640. The molecule has 1 amide bonds. The topological polar surface area (TPSA) is 32.7 Å². The number of anilines is 1. The van der Waals surface area contributed by atoms with Gasteiger partial charge in [-0.15, -0.1) is 0 Å². The van der Waals surface area contributed by atoms with Crippen molar-refractivity contribution in [3.8, 4) is 0 Å². The lowest BCUT2D eigenvalue weighted by Crippen LogP contribution is -2.21. The summed E-state index contributed by atoms with van der Waals surface area (Å²) < 4.78 is 0. The Bertz CT molecular complexity index is 446. The maximum absolute atomic E-state index is 11.9. The molecule has 0 atom stereocenters. The first-order valence-electron chi connectivity index (χ1n) is 4.85. The lowest BCUT2D eigenvalue weighted by atomic mass is 10.1. The smallest absolute Gasteiger partial charge is 0.267 e. The van der Waals surface area contributed by atoms with Crippen molar-refractivity contribution in [3.05, 3.63) is 42.0 Å². The van der Waals surface area contributed by atoms with Crippen LogP contribution in [-0.4, -0.2) is 11.6 Å². The van der Waals surface area contributed by atoms with Gasteiger partial charge in [0, 0.05) is 0 Å². The van der Waals surface area contributed by atoms with Crippen LogP contribution in [0.1, 0.15) is 13.8 Å². The second kappa shape index (κ2) is 3.69. The molecule has 1 aromatic carbocycles. The van der Waals surface area contributed by atoms with E-state index in [-0.39, 0.29) is 5.91 Å². The number of hydrogen-bond donors (Lipinski definition) is 0. The zero-order valence-electron chi connectivity index (χ0n) is 8.77. The van der Waals surface area contributed by atoms with Crippen LogP contribution in [0.25, 0.3) is 0 Å². The Hall–Kier alpha value is -1.90. The third-order valence-electron chi connectivity index (χ3n) is 2.35. The van der Waals surface area contributed by atoms with Gasteiger partial charge in [-0.25, -0.2) is 0 Å². The zero-order valence-corrected chi connectivity index (χ0v) is 8.77. The highest BCUT2D eigenvalue weighted by Crippen LogP contribution is 2.22. The highest BCUT2D eigenvalue weighted by Gasteiger charge is 2.27. The molecule has 3 heteroatoms. The van der Waals surface area contributed by atoms with Crippen molar-refractivity contribution < 1.29 is 4.79 Å². The van der Waals surface area contributed by atoms with Crippen LogP contribution in [0.5, 0.6) is 0 Å². The molecule has 0 unspecified atom stereocenters. The first-order valence-corrected chi connectivity index (χ1v) is 4.85. The van der Waals surface area contributed by atoms with E-state index in [1.54, 1.807) is 6.08 Å². The Balaban J connectivity index is 2.40. The second-order valence-corrected chi connectivity index (χ2v) is 3.34. The molecule has 0 saturated carbocycles. The van der Waals surface area contributed by atoms with E-state index in [2.05, 4.69) is 5.10 Å². The van der Waals surface area contributed by atoms with Gasteiger partial charge in [-0.3, -0.25) is 4.79 Å². The number of benzene rings is 1. The van der Waals surface area contributed by atoms with Crippen molar-refractivity contribution in [1.29, 1.82) is 0 Å². The highest BCUT2D eigenvalue weighted by molar-refractivity contribution is 6.29. The summed E-state index contributed by atoms with van der Waals surface area (Å²) in [4.78, 5) is 11.9. The molecule has 0 N–H and O–H groups in total. The monoisotopic (exact) mass is 200 g/mol. The number of hydrogen-bond acceptors (Lipinski definition) is 2. The maximum Gasteiger partial charge on any atom is 0.280 e. The summed E-state index contributed by atoms with van der Waals surface area (Å²) in [6, 6.07) is 9.43. The lowest BCUT2D eigenvalue weighted by molar-refractivity contribution is -0.114. The van der Waals surface area contributed by atoms with Crippen LogP contribution < -0.4 is 5.01 Å². The van der Waals surface area contributed by atoms with Gasteiger partial charge in [-0.1, -0.05) is 24.3 Å². The molecule has 15 heavy (non-hydrogen) atoms. The van der Waals surface area contributed by atoms with E-state index in [4.69, 9.17) is 0 Å². The predicted molar refractivity (Wildman–Crippen MR) is 60.8 cm³/mol. The molecular formula is C12H12N2O. The van der Waals surface area contributed by atoms with Crippen molar-refractivity contribution in [2.24, 2.45) is 5.10 Å². The van der Waals surface area contributed by atoms with Gasteiger partial charge >= 0.3 is 0 Å². The molecule has 1 aliphatic heterocycles. The predicted octanol–water partition coefficient (Wildman–Crippen LogP) is 2.36. The second-order valence-electron chi connectivity index (χ2n) is 3.34. The number of carbonyl (C=O) groups excluding carboxylic acids is 1. The largest absolute Gasteiger partial charge is 0.280 e. The number of hydrazone groups is 1. The molecule has 3 nitrogen and oxygen atoms in total. The van der Waals surface area contributed by atoms with Crippen molar-refractivity contribution in [2.75, 3.05) is 5.01 Å². The molecule has 0 aliphatic carbocycles. The summed E-state index contributed by atoms with van der Waals surface area (Å²) >= 11 is 0. The van der Waals surface area contributed by atoms with Crippen LogP contribution in [0.15, 0.2) is 47.1 Å². The highest BCUT2D eigenvalue weighted by atomic mass is 16.2. The molecule has 1 heterocycles. The van der Waals surface area contributed by atoms with Gasteiger partial charge in [-0.2, -0.15) is 10.1 Å². The summed E-state index contributed by atoms with van der Waals surface area (Å²) in [5.41, 5.74) is 2.25.